The van der Waals surface area contributed by atoms with E-state index >= 15 is 0 Å². The van der Waals surface area contributed by atoms with Crippen LogP contribution in [0.4, 0.5) is 5.82 Å². The van der Waals surface area contributed by atoms with Crippen molar-refractivity contribution in [1.82, 2.24) is 15.2 Å². The maximum atomic E-state index is 12.3. The molecule has 0 aliphatic carbocycles. The third kappa shape index (κ3) is 6.62. The first kappa shape index (κ1) is 23.9. The van der Waals surface area contributed by atoms with E-state index in [9.17, 15) is 4.79 Å². The summed E-state index contributed by atoms with van der Waals surface area (Å²) in [6, 6.07) is 5.95. The van der Waals surface area contributed by atoms with Gasteiger partial charge in [-0.25, -0.2) is 4.98 Å². The molecule has 8 heteroatoms. The summed E-state index contributed by atoms with van der Waals surface area (Å²) in [5.74, 6) is 1.36. The Morgan fingerprint density at radius 1 is 1.28 bits per heavy atom. The molecular formula is C17H31Cl2N5O. The van der Waals surface area contributed by atoms with Crippen LogP contribution in [-0.4, -0.2) is 60.6 Å². The maximum Gasteiger partial charge on any atom is 0.234 e. The number of hydrogen-bond acceptors (Lipinski definition) is 5. The van der Waals surface area contributed by atoms with Crippen molar-refractivity contribution in [3.05, 3.63) is 24.4 Å². The number of rotatable bonds is 6. The fourth-order valence-electron chi connectivity index (χ4n) is 2.67. The van der Waals surface area contributed by atoms with Gasteiger partial charge in [0.15, 0.2) is 0 Å². The first-order valence-corrected chi connectivity index (χ1v) is 8.34. The van der Waals surface area contributed by atoms with Crippen LogP contribution in [0.25, 0.3) is 0 Å². The van der Waals surface area contributed by atoms with Gasteiger partial charge in [-0.05, 0) is 25.0 Å². The molecule has 25 heavy (non-hydrogen) atoms. The number of piperazine rings is 1. The molecule has 1 saturated heterocycles. The minimum Gasteiger partial charge on any atom is -0.354 e. The van der Waals surface area contributed by atoms with E-state index in [4.69, 9.17) is 5.73 Å². The van der Waals surface area contributed by atoms with Crippen molar-refractivity contribution < 1.29 is 4.79 Å². The number of pyridine rings is 1. The maximum absolute atomic E-state index is 12.3. The van der Waals surface area contributed by atoms with Gasteiger partial charge in [-0.15, -0.1) is 24.8 Å². The second-order valence-corrected chi connectivity index (χ2v) is 6.78. The Hall–Kier alpha value is -1.08. The quantitative estimate of drug-likeness (QED) is 0.768. The summed E-state index contributed by atoms with van der Waals surface area (Å²) in [5, 5.41) is 3.10. The molecule has 2 heterocycles. The van der Waals surface area contributed by atoms with Crippen LogP contribution < -0.4 is 16.0 Å². The van der Waals surface area contributed by atoms with E-state index in [2.05, 4.69) is 33.9 Å². The highest BCUT2D eigenvalue weighted by molar-refractivity contribution is 5.85. The number of anilines is 1. The predicted molar refractivity (Wildman–Crippen MR) is 108 cm³/mol. The molecule has 0 saturated carbocycles. The van der Waals surface area contributed by atoms with Crippen LogP contribution in [-0.2, 0) is 4.79 Å². The molecule has 3 N–H and O–H groups in total. The Balaban J connectivity index is 0.00000288. The molecule has 2 rings (SSSR count). The van der Waals surface area contributed by atoms with Gasteiger partial charge >= 0.3 is 0 Å². The van der Waals surface area contributed by atoms with E-state index in [1.807, 2.05) is 31.3 Å². The fourth-order valence-corrected chi connectivity index (χ4v) is 2.67. The summed E-state index contributed by atoms with van der Waals surface area (Å²) in [6.07, 6.45) is 1.81. The molecule has 0 radical (unpaired) electrons. The summed E-state index contributed by atoms with van der Waals surface area (Å²) in [5.41, 5.74) is 5.49. The van der Waals surface area contributed by atoms with Gasteiger partial charge < -0.3 is 16.0 Å². The Bertz CT molecular complexity index is 509. The molecule has 1 atom stereocenters. The standard InChI is InChI=1S/C17H29N5O.2ClH/c1-14(2)17(3,13-18)20-16(23)12-21-8-10-22(11-9-21)15-6-4-5-7-19-15;;/h4-7,14H,8-13,18H2,1-3H3,(H,20,23);2*1H. The monoisotopic (exact) mass is 391 g/mol. The Morgan fingerprint density at radius 2 is 1.92 bits per heavy atom. The number of halogens is 2. The molecule has 1 aromatic rings. The molecule has 6 nitrogen and oxygen atoms in total. The highest BCUT2D eigenvalue weighted by atomic mass is 35.5. The molecule has 144 valence electrons. The van der Waals surface area contributed by atoms with Crippen molar-refractivity contribution in [3.63, 3.8) is 0 Å². The van der Waals surface area contributed by atoms with Crippen molar-refractivity contribution in [2.45, 2.75) is 26.3 Å². The minimum absolute atomic E-state index is 0. The van der Waals surface area contributed by atoms with Crippen molar-refractivity contribution in [2.24, 2.45) is 11.7 Å². The van der Waals surface area contributed by atoms with Gasteiger partial charge in [0.05, 0.1) is 12.1 Å². The van der Waals surface area contributed by atoms with E-state index in [-0.39, 0.29) is 36.3 Å². The Labute approximate surface area is 163 Å². The first-order valence-electron chi connectivity index (χ1n) is 8.34. The van der Waals surface area contributed by atoms with E-state index in [0.29, 0.717) is 19.0 Å². The lowest BCUT2D eigenvalue weighted by molar-refractivity contribution is -0.124. The zero-order chi connectivity index (χ0) is 16.9. The van der Waals surface area contributed by atoms with Crippen LogP contribution in [0.2, 0.25) is 0 Å². The van der Waals surface area contributed by atoms with Crippen LogP contribution in [0, 0.1) is 5.92 Å². The number of aromatic nitrogens is 1. The Kier molecular flexibility index (Phi) is 10.3. The van der Waals surface area contributed by atoms with Crippen LogP contribution in [0.5, 0.6) is 0 Å². The second kappa shape index (κ2) is 10.8. The van der Waals surface area contributed by atoms with Gasteiger partial charge in [-0.2, -0.15) is 0 Å². The summed E-state index contributed by atoms with van der Waals surface area (Å²) >= 11 is 0. The largest absolute Gasteiger partial charge is 0.354 e. The molecule has 1 fully saturated rings. The van der Waals surface area contributed by atoms with E-state index in [0.717, 1.165) is 32.0 Å². The van der Waals surface area contributed by atoms with Gasteiger partial charge in [0.1, 0.15) is 5.82 Å². The smallest absolute Gasteiger partial charge is 0.234 e. The number of nitrogens with zero attached hydrogens (tertiary/aromatic N) is 3. The fraction of sp³-hybridized carbons (Fsp3) is 0.647. The highest BCUT2D eigenvalue weighted by Crippen LogP contribution is 2.15. The molecular weight excluding hydrogens is 361 g/mol. The number of amides is 1. The van der Waals surface area contributed by atoms with Gasteiger partial charge in [0.2, 0.25) is 5.91 Å². The number of carbonyl (C=O) groups excluding carboxylic acids is 1. The van der Waals surface area contributed by atoms with E-state index < -0.39 is 0 Å². The minimum atomic E-state index is -0.340. The van der Waals surface area contributed by atoms with Gasteiger partial charge in [-0.3, -0.25) is 9.69 Å². The van der Waals surface area contributed by atoms with E-state index in [1.165, 1.54) is 0 Å². The number of nitrogens with two attached hydrogens (primary N) is 1. The molecule has 0 aromatic carbocycles. The van der Waals surface area contributed by atoms with Crippen molar-refractivity contribution in [1.29, 1.82) is 0 Å². The number of hydrogen-bond donors (Lipinski definition) is 2. The zero-order valence-electron chi connectivity index (χ0n) is 15.3. The molecule has 0 bridgehead atoms. The molecule has 1 aromatic heterocycles. The van der Waals surface area contributed by atoms with Gasteiger partial charge in [0.25, 0.3) is 0 Å². The third-order valence-electron chi connectivity index (χ3n) is 4.84. The zero-order valence-corrected chi connectivity index (χ0v) is 16.9. The molecule has 1 aliphatic rings. The third-order valence-corrected chi connectivity index (χ3v) is 4.84. The molecule has 1 amide bonds. The van der Waals surface area contributed by atoms with Gasteiger partial charge in [-0.1, -0.05) is 19.9 Å². The predicted octanol–water partition coefficient (Wildman–Crippen LogP) is 1.54. The molecule has 1 aliphatic heterocycles. The average molecular weight is 392 g/mol. The Morgan fingerprint density at radius 3 is 2.40 bits per heavy atom. The van der Waals surface area contributed by atoms with Crippen LogP contribution in [0.3, 0.4) is 0 Å². The second-order valence-electron chi connectivity index (χ2n) is 6.78. The lowest BCUT2D eigenvalue weighted by Crippen LogP contribution is -2.58. The van der Waals surface area contributed by atoms with E-state index in [1.54, 1.807) is 0 Å². The first-order chi connectivity index (χ1) is 10.9. The lowest BCUT2D eigenvalue weighted by atomic mass is 9.88. The summed E-state index contributed by atoms with van der Waals surface area (Å²) < 4.78 is 0. The lowest BCUT2D eigenvalue weighted by Gasteiger charge is -2.37. The van der Waals surface area contributed by atoms with Crippen LogP contribution >= 0.6 is 24.8 Å². The average Bonchev–Trinajstić information content (AvgIpc) is 2.56. The number of carbonyl (C=O) groups is 1. The topological polar surface area (TPSA) is 74.5 Å². The van der Waals surface area contributed by atoms with Crippen LogP contribution in [0.15, 0.2) is 24.4 Å². The van der Waals surface area contributed by atoms with Crippen molar-refractivity contribution in [3.8, 4) is 0 Å². The van der Waals surface area contributed by atoms with Crippen molar-refractivity contribution >= 4 is 36.5 Å². The summed E-state index contributed by atoms with van der Waals surface area (Å²) in [6.45, 7) is 10.6. The van der Waals surface area contributed by atoms with Crippen LogP contribution in [0.1, 0.15) is 20.8 Å². The van der Waals surface area contributed by atoms with Crippen molar-refractivity contribution in [2.75, 3.05) is 44.2 Å². The van der Waals surface area contributed by atoms with Gasteiger partial charge in [0, 0.05) is 38.9 Å². The normalized spacial score (nSPS) is 17.2. The number of nitrogens with one attached hydrogen (secondary N) is 1. The summed E-state index contributed by atoms with van der Waals surface area (Å²) in [7, 11) is 0. The highest BCUT2D eigenvalue weighted by Gasteiger charge is 2.29. The summed E-state index contributed by atoms with van der Waals surface area (Å²) in [4.78, 5) is 21.1. The SMILES string of the molecule is CC(C)C(C)(CN)NC(=O)CN1CCN(c2ccccn2)CC1.Cl.Cl. The molecule has 0 spiro atoms. The molecule has 1 unspecified atom stereocenters.